The van der Waals surface area contributed by atoms with Crippen LogP contribution in [-0.2, 0) is 6.54 Å². The molecule has 0 aliphatic carbocycles. The van der Waals surface area contributed by atoms with E-state index in [0.717, 1.165) is 17.8 Å². The van der Waals surface area contributed by atoms with E-state index >= 15 is 0 Å². The molecule has 23 heavy (non-hydrogen) atoms. The number of rotatable bonds is 1. The van der Waals surface area contributed by atoms with Gasteiger partial charge in [-0.2, -0.15) is 4.57 Å². The summed E-state index contributed by atoms with van der Waals surface area (Å²) < 4.78 is 2.40. The third-order valence-corrected chi connectivity index (χ3v) is 4.55. The van der Waals surface area contributed by atoms with E-state index < -0.39 is 0 Å². The summed E-state index contributed by atoms with van der Waals surface area (Å²) in [6.45, 7) is 0.911. The molecule has 2 heteroatoms. The maximum atomic E-state index is 5.00. The molecule has 0 bridgehead atoms. The van der Waals surface area contributed by atoms with Crippen molar-refractivity contribution in [2.45, 2.75) is 6.54 Å². The van der Waals surface area contributed by atoms with Crippen molar-refractivity contribution in [2.24, 2.45) is 0 Å². The van der Waals surface area contributed by atoms with Crippen molar-refractivity contribution in [3.05, 3.63) is 84.4 Å². The minimum Gasteiger partial charge on any atom is -0.234 e. The van der Waals surface area contributed by atoms with E-state index in [1.807, 2.05) is 6.07 Å². The molecule has 2 heterocycles. The van der Waals surface area contributed by atoms with Crippen LogP contribution in [0, 0.1) is 0 Å². The summed E-state index contributed by atoms with van der Waals surface area (Å²) in [6, 6.07) is 27.5. The van der Waals surface area contributed by atoms with Crippen LogP contribution in [0.25, 0.3) is 33.5 Å². The van der Waals surface area contributed by atoms with Crippen LogP contribution < -0.4 is 4.57 Å². The zero-order valence-electron chi connectivity index (χ0n) is 12.6. The quantitative estimate of drug-likeness (QED) is 0.423. The molecular formula is C21H15N2+. The molecule has 1 aliphatic rings. The van der Waals surface area contributed by atoms with Crippen LogP contribution in [-0.4, -0.2) is 4.98 Å². The fourth-order valence-electron chi connectivity index (χ4n) is 3.50. The van der Waals surface area contributed by atoms with Crippen LogP contribution in [0.3, 0.4) is 0 Å². The Balaban J connectivity index is 1.93. The van der Waals surface area contributed by atoms with Gasteiger partial charge in [0.2, 0.25) is 11.2 Å². The average molecular weight is 295 g/mol. The SMILES string of the molecule is c1ccc(-c2nc3ccccc3[n+]3c2-c2ccccc2C3)cc1. The lowest BCUT2D eigenvalue weighted by Crippen LogP contribution is -2.34. The number of aromatic nitrogens is 2. The van der Waals surface area contributed by atoms with Gasteiger partial charge in [0.05, 0.1) is 5.56 Å². The van der Waals surface area contributed by atoms with Gasteiger partial charge in [0.1, 0.15) is 11.2 Å². The van der Waals surface area contributed by atoms with Crippen molar-refractivity contribution in [2.75, 3.05) is 0 Å². The van der Waals surface area contributed by atoms with Gasteiger partial charge in [-0.05, 0) is 12.1 Å². The van der Waals surface area contributed by atoms with E-state index in [9.17, 15) is 0 Å². The zero-order valence-corrected chi connectivity index (χ0v) is 12.6. The van der Waals surface area contributed by atoms with E-state index in [0.29, 0.717) is 0 Å². The smallest absolute Gasteiger partial charge is 0.234 e. The minimum atomic E-state index is 0.911. The van der Waals surface area contributed by atoms with Gasteiger partial charge < -0.3 is 0 Å². The van der Waals surface area contributed by atoms with Crippen LogP contribution >= 0.6 is 0 Å². The van der Waals surface area contributed by atoms with Crippen molar-refractivity contribution in [1.29, 1.82) is 0 Å². The minimum absolute atomic E-state index is 0.911. The van der Waals surface area contributed by atoms with Gasteiger partial charge in [-0.15, -0.1) is 0 Å². The van der Waals surface area contributed by atoms with Crippen molar-refractivity contribution in [3.63, 3.8) is 0 Å². The molecule has 5 rings (SSSR count). The second-order valence-electron chi connectivity index (χ2n) is 5.91. The summed E-state index contributed by atoms with van der Waals surface area (Å²) in [4.78, 5) is 5.00. The van der Waals surface area contributed by atoms with Crippen molar-refractivity contribution in [3.8, 4) is 22.5 Å². The third-order valence-electron chi connectivity index (χ3n) is 4.55. The maximum Gasteiger partial charge on any atom is 0.240 e. The topological polar surface area (TPSA) is 16.8 Å². The highest BCUT2D eigenvalue weighted by molar-refractivity contribution is 5.84. The Labute approximate surface area is 134 Å². The lowest BCUT2D eigenvalue weighted by atomic mass is 10.0. The number of benzene rings is 3. The Kier molecular flexibility index (Phi) is 2.59. The van der Waals surface area contributed by atoms with Gasteiger partial charge in [-0.25, -0.2) is 4.98 Å². The van der Waals surface area contributed by atoms with Crippen LogP contribution in [0.5, 0.6) is 0 Å². The number of nitrogens with zero attached hydrogens (tertiary/aromatic N) is 2. The Morgan fingerprint density at radius 1 is 0.739 bits per heavy atom. The molecule has 0 spiro atoms. The molecule has 0 atom stereocenters. The molecule has 0 fully saturated rings. The fourth-order valence-corrected chi connectivity index (χ4v) is 3.50. The molecule has 108 valence electrons. The predicted molar refractivity (Wildman–Crippen MR) is 91.9 cm³/mol. The standard InChI is InChI=1S/C21H15N2/c1-2-8-15(9-3-1)20-21-17-11-5-4-10-16(17)14-23(21)19-13-7-6-12-18(19)22-20/h1-13H,14H2/q+1. The second-order valence-corrected chi connectivity index (χ2v) is 5.91. The van der Waals surface area contributed by atoms with E-state index in [1.165, 1.54) is 27.9 Å². The molecule has 2 nitrogen and oxygen atoms in total. The van der Waals surface area contributed by atoms with E-state index in [2.05, 4.69) is 77.4 Å². The second kappa shape index (κ2) is 4.75. The van der Waals surface area contributed by atoms with Crippen molar-refractivity contribution < 1.29 is 4.57 Å². The first-order valence-corrected chi connectivity index (χ1v) is 7.88. The van der Waals surface area contributed by atoms with E-state index in [4.69, 9.17) is 4.98 Å². The average Bonchev–Trinajstić information content (AvgIpc) is 3.02. The van der Waals surface area contributed by atoms with Gasteiger partial charge in [-0.3, -0.25) is 0 Å². The molecule has 1 aliphatic heterocycles. The van der Waals surface area contributed by atoms with Crippen LogP contribution in [0.1, 0.15) is 5.56 Å². The lowest BCUT2D eigenvalue weighted by molar-refractivity contribution is -0.645. The molecule has 0 N–H and O–H groups in total. The first-order chi connectivity index (χ1) is 11.4. The first kappa shape index (κ1) is 12.5. The number of hydrogen-bond donors (Lipinski definition) is 0. The van der Waals surface area contributed by atoms with Gasteiger partial charge in [0, 0.05) is 17.2 Å². The Morgan fingerprint density at radius 3 is 2.39 bits per heavy atom. The first-order valence-electron chi connectivity index (χ1n) is 7.88. The highest BCUT2D eigenvalue weighted by Gasteiger charge is 2.32. The van der Waals surface area contributed by atoms with Gasteiger partial charge in [0.25, 0.3) is 0 Å². The molecule has 0 unspecified atom stereocenters. The highest BCUT2D eigenvalue weighted by Crippen LogP contribution is 2.35. The molecule has 3 aromatic carbocycles. The van der Waals surface area contributed by atoms with Crippen molar-refractivity contribution >= 4 is 11.0 Å². The number of fused-ring (bicyclic) bond motifs is 5. The van der Waals surface area contributed by atoms with Crippen LogP contribution in [0.15, 0.2) is 78.9 Å². The van der Waals surface area contributed by atoms with Crippen molar-refractivity contribution in [1.82, 2.24) is 4.98 Å². The number of hydrogen-bond acceptors (Lipinski definition) is 1. The molecule has 0 saturated carbocycles. The summed E-state index contributed by atoms with van der Waals surface area (Å²) in [5.41, 5.74) is 8.35. The summed E-state index contributed by atoms with van der Waals surface area (Å²) in [5.74, 6) is 0. The molecule has 0 amide bonds. The molecule has 0 radical (unpaired) electrons. The van der Waals surface area contributed by atoms with Gasteiger partial charge in [-0.1, -0.05) is 60.7 Å². The van der Waals surface area contributed by atoms with Gasteiger partial charge >= 0.3 is 0 Å². The monoisotopic (exact) mass is 295 g/mol. The number of para-hydroxylation sites is 2. The zero-order chi connectivity index (χ0) is 15.2. The third kappa shape index (κ3) is 1.82. The molecular weight excluding hydrogens is 280 g/mol. The predicted octanol–water partition coefficient (Wildman–Crippen LogP) is 4.22. The van der Waals surface area contributed by atoms with E-state index in [-0.39, 0.29) is 0 Å². The molecule has 4 aromatic rings. The lowest BCUT2D eigenvalue weighted by Gasteiger charge is -2.06. The van der Waals surface area contributed by atoms with Gasteiger partial charge in [0.15, 0.2) is 6.54 Å². The summed E-state index contributed by atoms with van der Waals surface area (Å²) in [7, 11) is 0. The van der Waals surface area contributed by atoms with Crippen LogP contribution in [0.2, 0.25) is 0 Å². The summed E-state index contributed by atoms with van der Waals surface area (Å²) >= 11 is 0. The largest absolute Gasteiger partial charge is 0.240 e. The molecule has 1 aromatic heterocycles. The summed E-state index contributed by atoms with van der Waals surface area (Å²) in [6.07, 6.45) is 0. The highest BCUT2D eigenvalue weighted by atomic mass is 15.0. The van der Waals surface area contributed by atoms with Crippen LogP contribution in [0.4, 0.5) is 0 Å². The van der Waals surface area contributed by atoms with E-state index in [1.54, 1.807) is 0 Å². The Bertz CT molecular complexity index is 1040. The molecule has 0 saturated heterocycles. The fraction of sp³-hybridized carbons (Fsp3) is 0.0476. The maximum absolute atomic E-state index is 5.00. The normalized spacial score (nSPS) is 12.2. The summed E-state index contributed by atoms with van der Waals surface area (Å²) in [5, 5.41) is 0. The Morgan fingerprint density at radius 2 is 1.48 bits per heavy atom. The Hall–Kier alpha value is -3.00.